The minimum absolute atomic E-state index is 0.0846. The Labute approximate surface area is 103 Å². The second-order valence-electron chi connectivity index (χ2n) is 4.04. The van der Waals surface area contributed by atoms with Gasteiger partial charge in [-0.15, -0.1) is 0 Å². The summed E-state index contributed by atoms with van der Waals surface area (Å²) in [5, 5.41) is 2.75. The highest BCUT2D eigenvalue weighted by atomic mass is 16.4. The van der Waals surface area contributed by atoms with E-state index in [2.05, 4.69) is 5.32 Å². The largest absolute Gasteiger partial charge is 0.419 e. The molecule has 0 saturated carbocycles. The molecule has 0 aliphatic heterocycles. The number of hydrogen-bond donors (Lipinski definition) is 2. The lowest BCUT2D eigenvalue weighted by Gasteiger charge is -2.04. The van der Waals surface area contributed by atoms with E-state index < -0.39 is 5.76 Å². The predicted molar refractivity (Wildman–Crippen MR) is 67.0 cm³/mol. The molecule has 18 heavy (non-hydrogen) atoms. The lowest BCUT2D eigenvalue weighted by molar-refractivity contribution is -0.121. The first-order chi connectivity index (χ1) is 8.61. The lowest BCUT2D eigenvalue weighted by atomic mass is 10.2. The monoisotopic (exact) mass is 249 g/mol. The summed E-state index contributed by atoms with van der Waals surface area (Å²) in [5.41, 5.74) is 7.45. The van der Waals surface area contributed by atoms with Gasteiger partial charge in [0.1, 0.15) is 0 Å². The Balaban J connectivity index is 2.17. The van der Waals surface area contributed by atoms with Crippen molar-refractivity contribution in [1.82, 2.24) is 9.88 Å². The highest BCUT2D eigenvalue weighted by Crippen LogP contribution is 2.14. The maximum absolute atomic E-state index is 11.3. The summed E-state index contributed by atoms with van der Waals surface area (Å²) in [6.07, 6.45) is 0.312. The summed E-state index contributed by atoms with van der Waals surface area (Å²) in [5.74, 6) is -0.479. The van der Waals surface area contributed by atoms with Crippen LogP contribution in [0.4, 0.5) is 0 Å². The summed E-state index contributed by atoms with van der Waals surface area (Å²) in [4.78, 5) is 22.6. The molecule has 1 aromatic heterocycles. The minimum atomic E-state index is -0.394. The third kappa shape index (κ3) is 2.43. The zero-order chi connectivity index (χ0) is 13.1. The van der Waals surface area contributed by atoms with Crippen molar-refractivity contribution in [1.29, 1.82) is 0 Å². The number of carbonyl (C=O) groups is 1. The standard InChI is InChI=1S/C12H15N3O3/c1-15-9-6-8(7-14-11(16)4-5-13)2-3-10(9)18-12(15)17/h2-3,6H,4-5,7,13H2,1H3,(H,14,16). The number of nitrogens with one attached hydrogen (secondary N) is 1. The number of fused-ring (bicyclic) bond motifs is 1. The maximum Gasteiger partial charge on any atom is 0.419 e. The van der Waals surface area contributed by atoms with Crippen LogP contribution in [-0.4, -0.2) is 17.0 Å². The van der Waals surface area contributed by atoms with Gasteiger partial charge < -0.3 is 15.5 Å². The van der Waals surface area contributed by atoms with E-state index >= 15 is 0 Å². The van der Waals surface area contributed by atoms with Crippen molar-refractivity contribution in [3.8, 4) is 0 Å². The lowest BCUT2D eigenvalue weighted by Crippen LogP contribution is -2.24. The molecule has 0 fully saturated rings. The van der Waals surface area contributed by atoms with Crippen molar-refractivity contribution in [3.05, 3.63) is 34.3 Å². The van der Waals surface area contributed by atoms with Crippen LogP contribution in [0.25, 0.3) is 11.1 Å². The van der Waals surface area contributed by atoms with Crippen LogP contribution < -0.4 is 16.8 Å². The average molecular weight is 249 g/mol. The number of amides is 1. The molecule has 96 valence electrons. The van der Waals surface area contributed by atoms with E-state index in [1.807, 2.05) is 12.1 Å². The number of rotatable bonds is 4. The Morgan fingerprint density at radius 2 is 2.28 bits per heavy atom. The summed E-state index contributed by atoms with van der Waals surface area (Å²) in [6, 6.07) is 5.36. The molecular formula is C12H15N3O3. The topological polar surface area (TPSA) is 90.3 Å². The van der Waals surface area contributed by atoms with E-state index in [1.54, 1.807) is 13.1 Å². The van der Waals surface area contributed by atoms with Gasteiger partial charge in [-0.1, -0.05) is 6.07 Å². The molecular weight excluding hydrogens is 234 g/mol. The van der Waals surface area contributed by atoms with Crippen molar-refractivity contribution in [2.75, 3.05) is 6.54 Å². The Bertz CT molecular complexity index is 627. The van der Waals surface area contributed by atoms with Crippen molar-refractivity contribution in [2.24, 2.45) is 12.8 Å². The average Bonchev–Trinajstić information content (AvgIpc) is 2.63. The number of hydrogen-bond acceptors (Lipinski definition) is 4. The third-order valence-electron chi connectivity index (χ3n) is 2.72. The summed E-state index contributed by atoms with van der Waals surface area (Å²) < 4.78 is 6.45. The molecule has 0 aliphatic carbocycles. The Hall–Kier alpha value is -2.08. The molecule has 2 aromatic rings. The molecule has 2 rings (SSSR count). The quantitative estimate of drug-likeness (QED) is 0.804. The van der Waals surface area contributed by atoms with Gasteiger partial charge >= 0.3 is 5.76 Å². The molecule has 0 bridgehead atoms. The van der Waals surface area contributed by atoms with E-state index in [-0.39, 0.29) is 5.91 Å². The summed E-state index contributed by atoms with van der Waals surface area (Å²) >= 11 is 0. The zero-order valence-electron chi connectivity index (χ0n) is 10.1. The van der Waals surface area contributed by atoms with Crippen molar-refractivity contribution in [3.63, 3.8) is 0 Å². The molecule has 6 heteroatoms. The molecule has 0 unspecified atom stereocenters. The van der Waals surface area contributed by atoms with E-state index in [0.717, 1.165) is 5.56 Å². The third-order valence-corrected chi connectivity index (χ3v) is 2.72. The van der Waals surface area contributed by atoms with Gasteiger partial charge in [0, 0.05) is 26.6 Å². The van der Waals surface area contributed by atoms with Gasteiger partial charge in [-0.2, -0.15) is 0 Å². The minimum Gasteiger partial charge on any atom is -0.408 e. The predicted octanol–water partition coefficient (Wildman–Crippen LogP) is 0.0965. The van der Waals surface area contributed by atoms with Crippen molar-refractivity contribution >= 4 is 17.0 Å². The molecule has 0 aliphatic rings. The first-order valence-electron chi connectivity index (χ1n) is 5.67. The van der Waals surface area contributed by atoms with Crippen LogP contribution in [0.1, 0.15) is 12.0 Å². The molecule has 0 radical (unpaired) electrons. The zero-order valence-corrected chi connectivity index (χ0v) is 10.1. The molecule has 0 spiro atoms. The Morgan fingerprint density at radius 3 is 3.00 bits per heavy atom. The fourth-order valence-corrected chi connectivity index (χ4v) is 1.70. The summed E-state index contributed by atoms with van der Waals surface area (Å²) in [6.45, 7) is 0.745. The second kappa shape index (κ2) is 5.05. The fourth-order valence-electron chi connectivity index (χ4n) is 1.70. The molecule has 1 aromatic carbocycles. The second-order valence-corrected chi connectivity index (χ2v) is 4.04. The van der Waals surface area contributed by atoms with Crippen LogP contribution in [-0.2, 0) is 18.4 Å². The Morgan fingerprint density at radius 1 is 1.50 bits per heavy atom. The molecule has 0 atom stereocenters. The number of benzene rings is 1. The van der Waals surface area contributed by atoms with Gasteiger partial charge in [0.05, 0.1) is 5.52 Å². The van der Waals surface area contributed by atoms with E-state index in [0.29, 0.717) is 30.6 Å². The number of aryl methyl sites for hydroxylation is 1. The number of nitrogens with zero attached hydrogens (tertiary/aromatic N) is 1. The highest BCUT2D eigenvalue weighted by Gasteiger charge is 2.07. The molecule has 3 N–H and O–H groups in total. The molecule has 1 heterocycles. The van der Waals surface area contributed by atoms with Crippen LogP contribution in [0.2, 0.25) is 0 Å². The van der Waals surface area contributed by atoms with Crippen LogP contribution in [0.15, 0.2) is 27.4 Å². The number of carbonyl (C=O) groups excluding carboxylic acids is 1. The first-order valence-corrected chi connectivity index (χ1v) is 5.67. The highest BCUT2D eigenvalue weighted by molar-refractivity contribution is 5.77. The fraction of sp³-hybridized carbons (Fsp3) is 0.333. The van der Waals surface area contributed by atoms with Crippen molar-refractivity contribution < 1.29 is 9.21 Å². The maximum atomic E-state index is 11.3. The van der Waals surface area contributed by atoms with Crippen LogP contribution in [0.3, 0.4) is 0 Å². The van der Waals surface area contributed by atoms with Crippen molar-refractivity contribution in [2.45, 2.75) is 13.0 Å². The number of nitrogens with two attached hydrogens (primary N) is 1. The molecule has 6 nitrogen and oxygen atoms in total. The smallest absolute Gasteiger partial charge is 0.408 e. The van der Waals surface area contributed by atoms with Crippen LogP contribution in [0, 0.1) is 0 Å². The van der Waals surface area contributed by atoms with Gasteiger partial charge in [0.2, 0.25) is 5.91 Å². The van der Waals surface area contributed by atoms with Crippen LogP contribution >= 0.6 is 0 Å². The van der Waals surface area contributed by atoms with Crippen LogP contribution in [0.5, 0.6) is 0 Å². The number of oxazole rings is 1. The Kier molecular flexibility index (Phi) is 3.47. The molecule has 0 saturated heterocycles. The van der Waals surface area contributed by atoms with Gasteiger partial charge in [-0.25, -0.2) is 4.79 Å². The summed E-state index contributed by atoms with van der Waals surface area (Å²) in [7, 11) is 1.64. The van der Waals surface area contributed by atoms with E-state index in [1.165, 1.54) is 4.57 Å². The first kappa shape index (κ1) is 12.4. The number of aromatic nitrogens is 1. The van der Waals surface area contributed by atoms with E-state index in [4.69, 9.17) is 10.2 Å². The van der Waals surface area contributed by atoms with E-state index in [9.17, 15) is 9.59 Å². The molecule has 1 amide bonds. The van der Waals surface area contributed by atoms with Gasteiger partial charge in [0.15, 0.2) is 5.58 Å². The normalized spacial score (nSPS) is 10.8. The SMILES string of the molecule is Cn1c(=O)oc2ccc(CNC(=O)CCN)cc21. The van der Waals surface area contributed by atoms with Gasteiger partial charge in [0.25, 0.3) is 0 Å². The van der Waals surface area contributed by atoms with Gasteiger partial charge in [-0.3, -0.25) is 9.36 Å². The van der Waals surface area contributed by atoms with Gasteiger partial charge in [-0.05, 0) is 17.7 Å².